The molecule has 0 heterocycles. The van der Waals surface area contributed by atoms with Crippen LogP contribution >= 0.6 is 0 Å². The molecule has 30 heavy (non-hydrogen) atoms. The van der Waals surface area contributed by atoms with Crippen LogP contribution in [0.15, 0.2) is 84.9 Å². The minimum atomic E-state index is -0.423. The Morgan fingerprint density at radius 3 is 2.37 bits per heavy atom. The van der Waals surface area contributed by atoms with Gasteiger partial charge in [-0.2, -0.15) is 0 Å². The summed E-state index contributed by atoms with van der Waals surface area (Å²) in [5, 5.41) is 16.3. The molecule has 0 aliphatic rings. The molecule has 5 nitrogen and oxygen atoms in total. The molecule has 0 saturated heterocycles. The molecule has 0 unspecified atom stereocenters. The van der Waals surface area contributed by atoms with Crippen molar-refractivity contribution in [1.29, 1.82) is 0 Å². The highest BCUT2D eigenvalue weighted by atomic mass is 19.1. The normalized spacial score (nSPS) is 10.7. The lowest BCUT2D eigenvalue weighted by atomic mass is 10.0. The van der Waals surface area contributed by atoms with Crippen molar-refractivity contribution in [3.63, 3.8) is 0 Å². The summed E-state index contributed by atoms with van der Waals surface area (Å²) in [7, 11) is 0. The van der Waals surface area contributed by atoms with E-state index >= 15 is 0 Å². The van der Waals surface area contributed by atoms with Crippen molar-refractivity contribution >= 4 is 22.1 Å². The van der Waals surface area contributed by atoms with Gasteiger partial charge in [-0.15, -0.1) is 0 Å². The second-order valence-electron chi connectivity index (χ2n) is 6.84. The number of hydrogen-bond acceptors (Lipinski definition) is 4. The van der Waals surface area contributed by atoms with Crippen LogP contribution in [0.25, 0.3) is 10.8 Å². The van der Waals surface area contributed by atoms with E-state index in [1.165, 1.54) is 24.3 Å². The summed E-state index contributed by atoms with van der Waals surface area (Å²) in [4.78, 5) is 10.4. The molecule has 6 heteroatoms. The van der Waals surface area contributed by atoms with Crippen molar-refractivity contribution in [3.05, 3.63) is 112 Å². The zero-order valence-corrected chi connectivity index (χ0v) is 16.0. The van der Waals surface area contributed by atoms with Crippen LogP contribution in [0.3, 0.4) is 0 Å². The highest BCUT2D eigenvalue weighted by Gasteiger charge is 2.10. The first kappa shape index (κ1) is 19.4. The molecule has 0 amide bonds. The Morgan fingerprint density at radius 2 is 1.63 bits per heavy atom. The van der Waals surface area contributed by atoms with Crippen LogP contribution in [0, 0.1) is 15.9 Å². The van der Waals surface area contributed by atoms with Gasteiger partial charge in [-0.05, 0) is 58.8 Å². The Kier molecular flexibility index (Phi) is 5.57. The summed E-state index contributed by atoms with van der Waals surface area (Å²) in [5.74, 6) is 0.444. The van der Waals surface area contributed by atoms with Gasteiger partial charge < -0.3 is 10.1 Å². The molecular formula is C24H19FN2O3. The Labute approximate surface area is 172 Å². The molecule has 0 atom stereocenters. The van der Waals surface area contributed by atoms with Gasteiger partial charge in [-0.1, -0.05) is 30.3 Å². The summed E-state index contributed by atoms with van der Waals surface area (Å²) in [6.45, 7) is 0.794. The fraction of sp³-hybridized carbons (Fsp3) is 0.0833. The molecule has 0 spiro atoms. The monoisotopic (exact) mass is 402 g/mol. The molecular weight excluding hydrogens is 383 g/mol. The predicted molar refractivity (Wildman–Crippen MR) is 115 cm³/mol. The van der Waals surface area contributed by atoms with Crippen molar-refractivity contribution in [2.45, 2.75) is 13.2 Å². The minimum absolute atomic E-state index is 0.0497. The van der Waals surface area contributed by atoms with Gasteiger partial charge in [0.2, 0.25) is 0 Å². The molecule has 4 aromatic rings. The third-order valence-electron chi connectivity index (χ3n) is 4.85. The van der Waals surface area contributed by atoms with Gasteiger partial charge >= 0.3 is 0 Å². The number of hydrogen-bond donors (Lipinski definition) is 1. The van der Waals surface area contributed by atoms with E-state index in [2.05, 4.69) is 5.32 Å². The molecule has 1 N–H and O–H groups in total. The van der Waals surface area contributed by atoms with Gasteiger partial charge in [0.1, 0.15) is 18.2 Å². The lowest BCUT2D eigenvalue weighted by molar-refractivity contribution is -0.384. The Bertz CT molecular complexity index is 1180. The number of ether oxygens (including phenoxy) is 1. The van der Waals surface area contributed by atoms with Crippen LogP contribution in [-0.4, -0.2) is 4.92 Å². The van der Waals surface area contributed by atoms with E-state index in [4.69, 9.17) is 4.74 Å². The number of benzene rings is 4. The average Bonchev–Trinajstić information content (AvgIpc) is 2.77. The highest BCUT2D eigenvalue weighted by Crippen LogP contribution is 2.30. The lowest BCUT2D eigenvalue weighted by Gasteiger charge is -2.16. The van der Waals surface area contributed by atoms with Crippen LogP contribution in [0.5, 0.6) is 5.75 Å². The number of nitrogens with one attached hydrogen (secondary N) is 1. The molecule has 4 aromatic carbocycles. The van der Waals surface area contributed by atoms with Crippen molar-refractivity contribution in [1.82, 2.24) is 0 Å². The second kappa shape index (κ2) is 8.61. The number of rotatable bonds is 7. The predicted octanol–water partition coefficient (Wildman–Crippen LogP) is 6.08. The quantitative estimate of drug-likeness (QED) is 0.301. The summed E-state index contributed by atoms with van der Waals surface area (Å²) < 4.78 is 19.2. The van der Waals surface area contributed by atoms with Crippen LogP contribution in [0.4, 0.5) is 15.8 Å². The van der Waals surface area contributed by atoms with E-state index in [1.807, 2.05) is 36.4 Å². The molecule has 0 aliphatic heterocycles. The summed E-state index contributed by atoms with van der Waals surface area (Å²) in [5.41, 5.74) is 2.69. The first-order chi connectivity index (χ1) is 14.6. The molecule has 0 aromatic heterocycles. The SMILES string of the molecule is O=[N+]([O-])c1ccc(COc2ccc3ccccc3c2CNc2ccc(F)cc2)cc1. The number of fused-ring (bicyclic) bond motifs is 1. The van der Waals surface area contributed by atoms with E-state index in [0.29, 0.717) is 13.2 Å². The molecule has 4 rings (SSSR count). The summed E-state index contributed by atoms with van der Waals surface area (Å²) in [6, 6.07) is 24.5. The topological polar surface area (TPSA) is 64.4 Å². The second-order valence-corrected chi connectivity index (χ2v) is 6.84. The fourth-order valence-electron chi connectivity index (χ4n) is 3.27. The molecule has 0 radical (unpaired) electrons. The first-order valence-corrected chi connectivity index (χ1v) is 9.46. The zero-order valence-electron chi connectivity index (χ0n) is 16.0. The highest BCUT2D eigenvalue weighted by molar-refractivity contribution is 5.88. The van der Waals surface area contributed by atoms with E-state index in [-0.39, 0.29) is 11.5 Å². The van der Waals surface area contributed by atoms with Gasteiger partial charge in [0, 0.05) is 29.9 Å². The number of anilines is 1. The minimum Gasteiger partial charge on any atom is -0.489 e. The van der Waals surface area contributed by atoms with Gasteiger partial charge in [0.25, 0.3) is 5.69 Å². The smallest absolute Gasteiger partial charge is 0.269 e. The van der Waals surface area contributed by atoms with Crippen molar-refractivity contribution < 1.29 is 14.1 Å². The maximum atomic E-state index is 13.2. The maximum Gasteiger partial charge on any atom is 0.269 e. The van der Waals surface area contributed by atoms with Crippen LogP contribution in [0.1, 0.15) is 11.1 Å². The van der Waals surface area contributed by atoms with E-state index in [1.54, 1.807) is 24.3 Å². The molecule has 0 fully saturated rings. The first-order valence-electron chi connectivity index (χ1n) is 9.46. The average molecular weight is 402 g/mol. The van der Waals surface area contributed by atoms with Crippen LogP contribution in [0.2, 0.25) is 0 Å². The molecule has 150 valence electrons. The number of nitrogens with zero attached hydrogens (tertiary/aromatic N) is 1. The lowest BCUT2D eigenvalue weighted by Crippen LogP contribution is -2.05. The summed E-state index contributed by atoms with van der Waals surface area (Å²) in [6.07, 6.45) is 0. The third kappa shape index (κ3) is 4.38. The zero-order chi connectivity index (χ0) is 20.9. The summed E-state index contributed by atoms with van der Waals surface area (Å²) >= 11 is 0. The van der Waals surface area contributed by atoms with Crippen molar-refractivity contribution in [2.24, 2.45) is 0 Å². The fourth-order valence-corrected chi connectivity index (χ4v) is 3.27. The van der Waals surface area contributed by atoms with Crippen LogP contribution < -0.4 is 10.1 Å². The van der Waals surface area contributed by atoms with Gasteiger partial charge in [-0.25, -0.2) is 4.39 Å². The van der Waals surface area contributed by atoms with Crippen molar-refractivity contribution in [3.8, 4) is 5.75 Å². The largest absolute Gasteiger partial charge is 0.489 e. The molecule has 0 aliphatic carbocycles. The third-order valence-corrected chi connectivity index (χ3v) is 4.85. The molecule has 0 saturated carbocycles. The number of nitro groups is 1. The van der Waals surface area contributed by atoms with Gasteiger partial charge in [0.05, 0.1) is 4.92 Å². The van der Waals surface area contributed by atoms with E-state index < -0.39 is 4.92 Å². The number of non-ortho nitro benzene ring substituents is 1. The van der Waals surface area contributed by atoms with Crippen LogP contribution in [-0.2, 0) is 13.2 Å². The molecule has 0 bridgehead atoms. The number of halogens is 1. The maximum absolute atomic E-state index is 13.2. The Hall–Kier alpha value is -3.93. The van der Waals surface area contributed by atoms with E-state index in [9.17, 15) is 14.5 Å². The Morgan fingerprint density at radius 1 is 0.900 bits per heavy atom. The standard InChI is InChI=1S/C24H19FN2O3/c25-19-8-10-20(11-9-19)26-15-23-22-4-2-1-3-18(22)7-14-24(23)30-16-17-5-12-21(13-6-17)27(28)29/h1-14,26H,15-16H2. The Balaban J connectivity index is 1.57. The van der Waals surface area contributed by atoms with E-state index in [0.717, 1.165) is 33.3 Å². The van der Waals surface area contributed by atoms with Gasteiger partial charge in [0.15, 0.2) is 0 Å². The number of nitro benzene ring substituents is 1. The van der Waals surface area contributed by atoms with Gasteiger partial charge in [-0.3, -0.25) is 10.1 Å². The van der Waals surface area contributed by atoms with Crippen molar-refractivity contribution in [2.75, 3.05) is 5.32 Å².